The third-order valence-electron chi connectivity index (χ3n) is 3.55. The Bertz CT molecular complexity index is 567. The minimum absolute atomic E-state index is 0.0277. The van der Waals surface area contributed by atoms with E-state index in [1.807, 2.05) is 0 Å². The number of carbonyl (C=O) groups excluding carboxylic acids is 3. The van der Waals surface area contributed by atoms with Gasteiger partial charge in [0.1, 0.15) is 5.76 Å². The summed E-state index contributed by atoms with van der Waals surface area (Å²) in [6, 6.07) is 0. The molecule has 3 amide bonds. The molecular weight excluding hydrogens is 280 g/mol. The van der Waals surface area contributed by atoms with Crippen LogP contribution in [0.25, 0.3) is 0 Å². The van der Waals surface area contributed by atoms with Crippen molar-refractivity contribution in [2.24, 2.45) is 0 Å². The Kier molecular flexibility index (Phi) is 3.84. The first-order valence-electron chi connectivity index (χ1n) is 6.24. The minimum atomic E-state index is -1.91. The van der Waals surface area contributed by atoms with Gasteiger partial charge in [-0.3, -0.25) is 19.3 Å². The Morgan fingerprint density at radius 3 is 2.67 bits per heavy atom. The highest BCUT2D eigenvalue weighted by Gasteiger charge is 2.46. The van der Waals surface area contributed by atoms with Crippen LogP contribution in [0.2, 0.25) is 0 Å². The molecule has 0 radical (unpaired) electrons. The molecule has 1 fully saturated rings. The van der Waals surface area contributed by atoms with Crippen LogP contribution in [0.5, 0.6) is 0 Å². The van der Waals surface area contributed by atoms with E-state index >= 15 is 0 Å². The Morgan fingerprint density at radius 2 is 2.19 bits per heavy atom. The van der Waals surface area contributed by atoms with E-state index in [4.69, 9.17) is 9.84 Å². The van der Waals surface area contributed by atoms with Gasteiger partial charge >= 0.3 is 0 Å². The number of hydrogen-bond acceptors (Lipinski definition) is 6. The van der Waals surface area contributed by atoms with Crippen molar-refractivity contribution in [3.8, 4) is 0 Å². The Morgan fingerprint density at radius 1 is 1.52 bits per heavy atom. The number of likely N-dealkylation sites (N-methyl/N-ethyl adjacent to an activating group) is 1. The summed E-state index contributed by atoms with van der Waals surface area (Å²) >= 11 is 0. The average molecular weight is 296 g/mol. The van der Waals surface area contributed by atoms with E-state index in [-0.39, 0.29) is 18.7 Å². The summed E-state index contributed by atoms with van der Waals surface area (Å²) in [6.45, 7) is -0.709. The van der Waals surface area contributed by atoms with Gasteiger partial charge in [0.25, 0.3) is 17.7 Å². The summed E-state index contributed by atoms with van der Waals surface area (Å²) in [5.41, 5.74) is -1.67. The van der Waals surface area contributed by atoms with Crippen molar-refractivity contribution >= 4 is 17.7 Å². The summed E-state index contributed by atoms with van der Waals surface area (Å²) in [7, 11) is 2.79. The molecule has 21 heavy (non-hydrogen) atoms. The van der Waals surface area contributed by atoms with E-state index < -0.39 is 29.9 Å². The molecule has 8 heteroatoms. The number of likely N-dealkylation sites (tertiary alicyclic amines) is 1. The quantitative estimate of drug-likeness (QED) is 0.605. The Balaban J connectivity index is 2.16. The maximum absolute atomic E-state index is 12.1. The van der Waals surface area contributed by atoms with Gasteiger partial charge in [0.05, 0.1) is 20.3 Å². The molecule has 0 aromatic heterocycles. The fourth-order valence-corrected chi connectivity index (χ4v) is 2.23. The van der Waals surface area contributed by atoms with Crippen molar-refractivity contribution in [3.63, 3.8) is 0 Å². The van der Waals surface area contributed by atoms with Crippen LogP contribution in [0.4, 0.5) is 0 Å². The zero-order valence-electron chi connectivity index (χ0n) is 11.7. The van der Waals surface area contributed by atoms with Crippen molar-refractivity contribution in [2.75, 3.05) is 27.3 Å². The largest absolute Gasteiger partial charge is 0.499 e. The van der Waals surface area contributed by atoms with E-state index in [2.05, 4.69) is 0 Å². The van der Waals surface area contributed by atoms with Gasteiger partial charge in [0.2, 0.25) is 0 Å². The van der Waals surface area contributed by atoms with Gasteiger partial charge in [-0.25, -0.2) is 0 Å². The van der Waals surface area contributed by atoms with Crippen LogP contribution in [0.1, 0.15) is 6.42 Å². The SMILES string of the molecule is COC1=CC(=O)N(C(=O)/C=C2\CC(O)(CO)C(=O)N2C)C1. The fraction of sp³-hybridized carbons (Fsp3) is 0.462. The maximum atomic E-state index is 12.1. The zero-order chi connectivity index (χ0) is 15.8. The molecule has 0 saturated carbocycles. The predicted molar refractivity (Wildman–Crippen MR) is 69.3 cm³/mol. The second-order valence-electron chi connectivity index (χ2n) is 4.94. The van der Waals surface area contributed by atoms with Crippen molar-refractivity contribution in [2.45, 2.75) is 12.0 Å². The number of hydrogen-bond donors (Lipinski definition) is 2. The molecule has 2 aliphatic heterocycles. The highest BCUT2D eigenvalue weighted by Crippen LogP contribution is 2.30. The molecule has 8 nitrogen and oxygen atoms in total. The highest BCUT2D eigenvalue weighted by atomic mass is 16.5. The first-order chi connectivity index (χ1) is 9.82. The summed E-state index contributed by atoms with van der Waals surface area (Å²) in [4.78, 5) is 37.6. The molecular formula is C13H16N2O6. The van der Waals surface area contributed by atoms with E-state index in [0.717, 1.165) is 15.9 Å². The number of carbonyl (C=O) groups is 3. The standard InChI is InChI=1S/C13H16N2O6/c1-14-8(5-13(20,7-16)12(14)19)3-10(17)15-6-9(21-2)4-11(15)18/h3-4,16,20H,5-7H2,1-2H3/b8-3+. The van der Waals surface area contributed by atoms with Crippen molar-refractivity contribution in [1.82, 2.24) is 9.80 Å². The van der Waals surface area contributed by atoms with Crippen LogP contribution in [0.3, 0.4) is 0 Å². The number of methoxy groups -OCH3 is 1. The van der Waals surface area contributed by atoms with Gasteiger partial charge < -0.3 is 19.8 Å². The summed E-state index contributed by atoms with van der Waals surface area (Å²) in [5.74, 6) is -1.43. The van der Waals surface area contributed by atoms with Crippen molar-refractivity contribution in [3.05, 3.63) is 23.6 Å². The molecule has 0 aromatic rings. The normalized spacial score (nSPS) is 27.6. The second-order valence-corrected chi connectivity index (χ2v) is 4.94. The number of imide groups is 1. The van der Waals surface area contributed by atoms with Crippen LogP contribution in [-0.2, 0) is 19.1 Å². The molecule has 114 valence electrons. The monoisotopic (exact) mass is 296 g/mol. The van der Waals surface area contributed by atoms with Crippen LogP contribution >= 0.6 is 0 Å². The van der Waals surface area contributed by atoms with E-state index in [1.54, 1.807) is 0 Å². The number of nitrogens with zero attached hydrogens (tertiary/aromatic N) is 2. The lowest BCUT2D eigenvalue weighted by Crippen LogP contribution is -2.41. The fourth-order valence-electron chi connectivity index (χ4n) is 2.23. The number of aliphatic hydroxyl groups is 2. The molecule has 2 heterocycles. The van der Waals surface area contributed by atoms with Gasteiger partial charge in [-0.2, -0.15) is 0 Å². The lowest BCUT2D eigenvalue weighted by molar-refractivity contribution is -0.145. The molecule has 2 aliphatic rings. The van der Waals surface area contributed by atoms with Gasteiger partial charge in [-0.05, 0) is 0 Å². The van der Waals surface area contributed by atoms with Crippen LogP contribution in [0.15, 0.2) is 23.6 Å². The average Bonchev–Trinajstić information content (AvgIpc) is 2.94. The molecule has 2 N–H and O–H groups in total. The third-order valence-corrected chi connectivity index (χ3v) is 3.55. The van der Waals surface area contributed by atoms with Crippen LogP contribution < -0.4 is 0 Å². The highest BCUT2D eigenvalue weighted by molar-refractivity contribution is 6.07. The van der Waals surface area contributed by atoms with Gasteiger partial charge in [0, 0.05) is 31.3 Å². The topological polar surface area (TPSA) is 107 Å². The number of aliphatic hydroxyl groups excluding tert-OH is 1. The zero-order valence-corrected chi connectivity index (χ0v) is 11.7. The molecule has 0 aliphatic carbocycles. The molecule has 0 spiro atoms. The third kappa shape index (κ3) is 2.55. The van der Waals surface area contributed by atoms with Gasteiger partial charge in [-0.15, -0.1) is 0 Å². The second kappa shape index (κ2) is 5.30. The van der Waals surface area contributed by atoms with E-state index in [1.165, 1.54) is 20.2 Å². The Labute approximate surface area is 120 Å². The van der Waals surface area contributed by atoms with Crippen molar-refractivity contribution < 1.29 is 29.3 Å². The van der Waals surface area contributed by atoms with Crippen LogP contribution in [-0.4, -0.2) is 70.6 Å². The maximum Gasteiger partial charge on any atom is 0.261 e. The lowest BCUT2D eigenvalue weighted by Gasteiger charge is -2.16. The lowest BCUT2D eigenvalue weighted by atomic mass is 10.0. The first kappa shape index (κ1) is 15.2. The molecule has 0 bridgehead atoms. The summed E-state index contributed by atoms with van der Waals surface area (Å²) in [6.07, 6.45) is 2.14. The van der Waals surface area contributed by atoms with E-state index in [0.29, 0.717) is 5.76 Å². The number of rotatable bonds is 3. The van der Waals surface area contributed by atoms with E-state index in [9.17, 15) is 19.5 Å². The predicted octanol–water partition coefficient (Wildman–Crippen LogP) is -1.65. The number of ether oxygens (including phenoxy) is 1. The minimum Gasteiger partial charge on any atom is -0.499 e. The smallest absolute Gasteiger partial charge is 0.261 e. The van der Waals surface area contributed by atoms with Gasteiger partial charge in [-0.1, -0.05) is 0 Å². The molecule has 2 rings (SSSR count). The summed E-state index contributed by atoms with van der Waals surface area (Å²) in [5, 5.41) is 19.0. The van der Waals surface area contributed by atoms with Gasteiger partial charge in [0.15, 0.2) is 5.60 Å². The molecule has 0 aromatic carbocycles. The Hall–Kier alpha value is -2.19. The molecule has 1 atom stereocenters. The molecule has 1 unspecified atom stereocenters. The van der Waals surface area contributed by atoms with Crippen LogP contribution in [0, 0.1) is 0 Å². The number of amides is 3. The molecule has 1 saturated heterocycles. The van der Waals surface area contributed by atoms with Crippen molar-refractivity contribution in [1.29, 1.82) is 0 Å². The summed E-state index contributed by atoms with van der Waals surface area (Å²) < 4.78 is 4.91. The first-order valence-corrected chi connectivity index (χ1v) is 6.24.